The minimum Gasteiger partial charge on any atom is -0.403 e. The standard InChI is InChI=1S/C30H33F5O3/c1-2-3-4-5-22-18-36-28(37-19-22)15-9-20-7-13-25-24(16-20)12-11-23(29(25)32)10-6-21-8-14-27(26(31)17-21)38-30(33,34)35/h7-8,11-14,16-17,22,28H,2-6,9-10,15,18-19H2,1H3. The lowest BCUT2D eigenvalue weighted by molar-refractivity contribution is -0.275. The number of alkyl halides is 3. The summed E-state index contributed by atoms with van der Waals surface area (Å²) in [6, 6.07) is 12.5. The number of halogens is 5. The van der Waals surface area contributed by atoms with Crippen LogP contribution in [0.5, 0.6) is 5.75 Å². The van der Waals surface area contributed by atoms with Crippen LogP contribution in [-0.4, -0.2) is 25.9 Å². The Morgan fingerprint density at radius 3 is 2.29 bits per heavy atom. The number of aryl methyl sites for hydroxylation is 3. The van der Waals surface area contributed by atoms with Crippen molar-refractivity contribution in [2.75, 3.05) is 13.2 Å². The number of unbranched alkanes of at least 4 members (excludes halogenated alkanes) is 2. The molecule has 8 heteroatoms. The van der Waals surface area contributed by atoms with E-state index < -0.39 is 17.9 Å². The van der Waals surface area contributed by atoms with Gasteiger partial charge >= 0.3 is 6.36 Å². The normalized spacial score (nSPS) is 18.2. The fourth-order valence-electron chi connectivity index (χ4n) is 4.81. The van der Waals surface area contributed by atoms with Crippen LogP contribution >= 0.6 is 0 Å². The van der Waals surface area contributed by atoms with Gasteiger partial charge in [0.1, 0.15) is 5.82 Å². The molecule has 0 N–H and O–H groups in total. The van der Waals surface area contributed by atoms with Gasteiger partial charge in [0.15, 0.2) is 17.9 Å². The molecule has 1 aliphatic rings. The molecular formula is C30H33F5O3. The van der Waals surface area contributed by atoms with Crippen LogP contribution in [0.25, 0.3) is 10.8 Å². The molecule has 0 radical (unpaired) electrons. The van der Waals surface area contributed by atoms with Crippen LogP contribution in [0.2, 0.25) is 0 Å². The molecule has 0 spiro atoms. The lowest BCUT2D eigenvalue weighted by atomic mass is 9.98. The first-order valence-electron chi connectivity index (χ1n) is 13.2. The molecule has 1 saturated heterocycles. The third-order valence-corrected chi connectivity index (χ3v) is 6.92. The zero-order valence-corrected chi connectivity index (χ0v) is 21.5. The number of hydrogen-bond acceptors (Lipinski definition) is 3. The Labute approximate surface area is 219 Å². The molecular weight excluding hydrogens is 503 g/mol. The zero-order chi connectivity index (χ0) is 27.1. The van der Waals surface area contributed by atoms with Crippen LogP contribution in [0, 0.1) is 17.6 Å². The van der Waals surface area contributed by atoms with Gasteiger partial charge in [0.05, 0.1) is 13.2 Å². The summed E-state index contributed by atoms with van der Waals surface area (Å²) < 4.78 is 81.6. The van der Waals surface area contributed by atoms with Gasteiger partial charge in [-0.15, -0.1) is 13.2 Å². The van der Waals surface area contributed by atoms with E-state index in [1.165, 1.54) is 25.3 Å². The summed E-state index contributed by atoms with van der Waals surface area (Å²) in [7, 11) is 0. The molecule has 0 bridgehead atoms. The second kappa shape index (κ2) is 12.9. The second-order valence-corrected chi connectivity index (χ2v) is 9.90. The Morgan fingerprint density at radius 2 is 1.58 bits per heavy atom. The van der Waals surface area contributed by atoms with E-state index in [0.29, 0.717) is 22.4 Å². The molecule has 3 nitrogen and oxygen atoms in total. The topological polar surface area (TPSA) is 27.7 Å². The summed E-state index contributed by atoms with van der Waals surface area (Å²) in [6.07, 6.45) is 1.64. The number of fused-ring (bicyclic) bond motifs is 1. The molecule has 1 fully saturated rings. The first-order valence-corrected chi connectivity index (χ1v) is 13.2. The minimum atomic E-state index is -4.97. The van der Waals surface area contributed by atoms with Gasteiger partial charge in [-0.2, -0.15) is 0 Å². The quantitative estimate of drug-likeness (QED) is 0.182. The monoisotopic (exact) mass is 536 g/mol. The fourth-order valence-corrected chi connectivity index (χ4v) is 4.81. The van der Waals surface area contributed by atoms with Crippen molar-refractivity contribution in [3.8, 4) is 5.75 Å². The lowest BCUT2D eigenvalue weighted by Crippen LogP contribution is -2.32. The molecule has 0 aromatic heterocycles. The van der Waals surface area contributed by atoms with E-state index in [1.807, 2.05) is 18.2 Å². The van der Waals surface area contributed by atoms with Gasteiger partial charge in [0.2, 0.25) is 0 Å². The summed E-state index contributed by atoms with van der Waals surface area (Å²) in [6.45, 7) is 3.66. The number of rotatable bonds is 11. The zero-order valence-electron chi connectivity index (χ0n) is 21.5. The van der Waals surface area contributed by atoms with E-state index in [9.17, 15) is 17.6 Å². The molecule has 206 valence electrons. The third-order valence-electron chi connectivity index (χ3n) is 6.92. The van der Waals surface area contributed by atoms with Gasteiger partial charge in [0.25, 0.3) is 0 Å². The predicted octanol–water partition coefficient (Wildman–Crippen LogP) is 8.30. The van der Waals surface area contributed by atoms with Crippen molar-refractivity contribution >= 4 is 10.8 Å². The summed E-state index contributed by atoms with van der Waals surface area (Å²) in [4.78, 5) is 0. The Balaban J connectivity index is 1.31. The third kappa shape index (κ3) is 7.90. The van der Waals surface area contributed by atoms with Crippen molar-refractivity contribution in [2.24, 2.45) is 5.92 Å². The maximum absolute atomic E-state index is 15.2. The summed E-state index contributed by atoms with van der Waals surface area (Å²) in [5.41, 5.74) is 1.98. The van der Waals surface area contributed by atoms with Gasteiger partial charge < -0.3 is 14.2 Å². The summed E-state index contributed by atoms with van der Waals surface area (Å²) in [5, 5.41) is 1.27. The van der Waals surface area contributed by atoms with Crippen LogP contribution < -0.4 is 4.74 Å². The first kappa shape index (κ1) is 28.3. The van der Waals surface area contributed by atoms with E-state index in [1.54, 1.807) is 12.1 Å². The fraction of sp³-hybridized carbons (Fsp3) is 0.467. The van der Waals surface area contributed by atoms with E-state index >= 15 is 4.39 Å². The van der Waals surface area contributed by atoms with Crippen LogP contribution in [-0.2, 0) is 28.7 Å². The minimum absolute atomic E-state index is 0.217. The molecule has 0 aliphatic carbocycles. The molecule has 0 atom stereocenters. The van der Waals surface area contributed by atoms with Gasteiger partial charge in [-0.25, -0.2) is 8.78 Å². The maximum atomic E-state index is 15.2. The largest absolute Gasteiger partial charge is 0.573 e. The van der Waals surface area contributed by atoms with Crippen LogP contribution in [0.3, 0.4) is 0 Å². The van der Waals surface area contributed by atoms with E-state index in [4.69, 9.17) is 9.47 Å². The number of benzene rings is 3. The van der Waals surface area contributed by atoms with Crippen molar-refractivity contribution in [1.29, 1.82) is 0 Å². The van der Waals surface area contributed by atoms with Gasteiger partial charge in [0, 0.05) is 17.7 Å². The average Bonchev–Trinajstić information content (AvgIpc) is 2.89. The molecule has 0 saturated carbocycles. The Morgan fingerprint density at radius 1 is 0.842 bits per heavy atom. The van der Waals surface area contributed by atoms with Crippen molar-refractivity contribution in [3.05, 3.63) is 76.9 Å². The highest BCUT2D eigenvalue weighted by molar-refractivity contribution is 5.84. The smallest absolute Gasteiger partial charge is 0.403 e. The SMILES string of the molecule is CCCCCC1COC(CCc2ccc3c(F)c(CCc4ccc(OC(F)(F)F)c(F)c4)ccc3c2)OC1. The number of ether oxygens (including phenoxy) is 3. The van der Waals surface area contributed by atoms with Crippen molar-refractivity contribution in [2.45, 2.75) is 70.9 Å². The van der Waals surface area contributed by atoms with Gasteiger partial charge in [-0.1, -0.05) is 62.6 Å². The summed E-state index contributed by atoms with van der Waals surface area (Å²) in [5.74, 6) is -1.87. The van der Waals surface area contributed by atoms with Crippen LogP contribution in [0.15, 0.2) is 48.5 Å². The molecule has 3 aromatic carbocycles. The first-order chi connectivity index (χ1) is 18.2. The Bertz CT molecular complexity index is 1200. The molecule has 38 heavy (non-hydrogen) atoms. The molecule has 1 heterocycles. The second-order valence-electron chi connectivity index (χ2n) is 9.90. The average molecular weight is 537 g/mol. The molecule has 0 unspecified atom stereocenters. The highest BCUT2D eigenvalue weighted by atomic mass is 19.4. The molecule has 0 amide bonds. The summed E-state index contributed by atoms with van der Waals surface area (Å²) >= 11 is 0. The highest BCUT2D eigenvalue weighted by Gasteiger charge is 2.32. The van der Waals surface area contributed by atoms with Crippen molar-refractivity contribution < 1.29 is 36.2 Å². The van der Waals surface area contributed by atoms with Crippen molar-refractivity contribution in [1.82, 2.24) is 0 Å². The van der Waals surface area contributed by atoms with Crippen LogP contribution in [0.1, 0.15) is 55.7 Å². The number of hydrogen-bond donors (Lipinski definition) is 0. The van der Waals surface area contributed by atoms with E-state index in [-0.39, 0.29) is 24.9 Å². The molecule has 1 aliphatic heterocycles. The Kier molecular flexibility index (Phi) is 9.60. The molecule has 3 aromatic rings. The molecule has 4 rings (SSSR count). The van der Waals surface area contributed by atoms with E-state index in [2.05, 4.69) is 11.7 Å². The van der Waals surface area contributed by atoms with Crippen LogP contribution in [0.4, 0.5) is 22.0 Å². The maximum Gasteiger partial charge on any atom is 0.573 e. The highest BCUT2D eigenvalue weighted by Crippen LogP contribution is 2.28. The lowest BCUT2D eigenvalue weighted by Gasteiger charge is -2.29. The Hall–Kier alpha value is -2.71. The van der Waals surface area contributed by atoms with Gasteiger partial charge in [-0.05, 0) is 59.9 Å². The van der Waals surface area contributed by atoms with Gasteiger partial charge in [-0.3, -0.25) is 0 Å². The van der Waals surface area contributed by atoms with Crippen molar-refractivity contribution in [3.63, 3.8) is 0 Å². The predicted molar refractivity (Wildman–Crippen MR) is 136 cm³/mol. The van der Waals surface area contributed by atoms with E-state index in [0.717, 1.165) is 55.6 Å².